The third kappa shape index (κ3) is 3.52. The van der Waals surface area contributed by atoms with E-state index in [4.69, 9.17) is 21.1 Å². The number of allylic oxidation sites excluding steroid dienone is 1. The number of anilines is 1. The van der Waals surface area contributed by atoms with Crippen molar-refractivity contribution in [3.8, 4) is 11.3 Å². The van der Waals surface area contributed by atoms with E-state index in [1.807, 2.05) is 0 Å². The van der Waals surface area contributed by atoms with Crippen molar-refractivity contribution in [1.82, 2.24) is 0 Å². The number of benzene rings is 1. The van der Waals surface area contributed by atoms with Crippen LogP contribution in [0.15, 0.2) is 35.4 Å². The number of rotatable bonds is 2. The van der Waals surface area contributed by atoms with E-state index in [0.29, 0.717) is 44.3 Å². The molecule has 0 radical (unpaired) electrons. The molecule has 1 saturated heterocycles. The molecule has 3 saturated carbocycles. The Labute approximate surface area is 219 Å². The Balaban J connectivity index is 1.48. The quantitative estimate of drug-likeness (QED) is 0.434. The Morgan fingerprint density at radius 3 is 2.42 bits per heavy atom. The molecule has 5 nitrogen and oxygen atoms in total. The van der Waals surface area contributed by atoms with Gasteiger partial charge in [-0.3, -0.25) is 0 Å². The molecule has 1 aromatic rings. The van der Waals surface area contributed by atoms with E-state index in [1.165, 1.54) is 16.7 Å². The lowest BCUT2D eigenvalue weighted by Gasteiger charge is -2.57. The predicted octanol–water partition coefficient (Wildman–Crippen LogP) is 4.95. The zero-order valence-electron chi connectivity index (χ0n) is 21.6. The van der Waals surface area contributed by atoms with Crippen molar-refractivity contribution in [3.63, 3.8) is 0 Å². The summed E-state index contributed by atoms with van der Waals surface area (Å²) >= 11 is 5.88. The van der Waals surface area contributed by atoms with Gasteiger partial charge in [-0.1, -0.05) is 30.6 Å². The zero-order chi connectivity index (χ0) is 25.3. The van der Waals surface area contributed by atoms with Crippen molar-refractivity contribution in [2.75, 3.05) is 32.2 Å². The first-order valence-corrected chi connectivity index (χ1v) is 13.9. The van der Waals surface area contributed by atoms with Crippen molar-refractivity contribution < 1.29 is 19.7 Å². The first-order chi connectivity index (χ1) is 17.1. The molecule has 4 aliphatic carbocycles. The molecule has 1 spiro atoms. The molecule has 0 aromatic heterocycles. The van der Waals surface area contributed by atoms with Crippen LogP contribution in [-0.2, 0) is 9.47 Å². The molecule has 5 aliphatic rings. The predicted molar refractivity (Wildman–Crippen MR) is 141 cm³/mol. The van der Waals surface area contributed by atoms with Crippen molar-refractivity contribution in [2.24, 2.45) is 17.3 Å². The van der Waals surface area contributed by atoms with Gasteiger partial charge in [0.05, 0.1) is 18.8 Å². The largest absolute Gasteiger partial charge is 0.385 e. The fraction of sp³-hybridized carbons (Fsp3) is 0.667. The molecule has 6 atom stereocenters. The Hall–Kier alpha value is -1.55. The minimum Gasteiger partial charge on any atom is -0.385 e. The molecule has 6 heteroatoms. The summed E-state index contributed by atoms with van der Waals surface area (Å²) in [5, 5.41) is 26.4. The van der Waals surface area contributed by atoms with Gasteiger partial charge in [-0.2, -0.15) is 0 Å². The van der Waals surface area contributed by atoms with E-state index in [9.17, 15) is 10.2 Å². The Kier molecular flexibility index (Phi) is 5.83. The molecular weight excluding hydrogens is 474 g/mol. The lowest BCUT2D eigenvalue weighted by atomic mass is 9.49. The van der Waals surface area contributed by atoms with Crippen LogP contribution in [0.3, 0.4) is 0 Å². The third-order valence-corrected chi connectivity index (χ3v) is 10.5. The minimum absolute atomic E-state index is 0.121. The maximum Gasteiger partial charge on any atom is 0.171 e. The van der Waals surface area contributed by atoms with Crippen LogP contribution in [0.4, 0.5) is 5.69 Å². The van der Waals surface area contributed by atoms with Gasteiger partial charge in [-0.15, -0.1) is 0 Å². The topological polar surface area (TPSA) is 62.2 Å². The van der Waals surface area contributed by atoms with Crippen LogP contribution in [0, 0.1) is 28.6 Å². The summed E-state index contributed by atoms with van der Waals surface area (Å²) in [6.45, 7) is 3.43. The highest BCUT2D eigenvalue weighted by molar-refractivity contribution is 6.30. The van der Waals surface area contributed by atoms with E-state index >= 15 is 0 Å². The first kappa shape index (κ1) is 24.8. The van der Waals surface area contributed by atoms with Gasteiger partial charge in [-0.25, -0.2) is 0 Å². The van der Waals surface area contributed by atoms with E-state index in [2.05, 4.69) is 61.5 Å². The Morgan fingerprint density at radius 2 is 1.75 bits per heavy atom. The number of nitrogens with zero attached hydrogens (tertiary/aromatic N) is 1. The zero-order valence-corrected chi connectivity index (χ0v) is 22.4. The van der Waals surface area contributed by atoms with E-state index in [0.717, 1.165) is 37.8 Å². The minimum atomic E-state index is -1.09. The second-order valence-corrected chi connectivity index (χ2v) is 12.5. The van der Waals surface area contributed by atoms with E-state index in [1.54, 1.807) is 0 Å². The van der Waals surface area contributed by atoms with Crippen molar-refractivity contribution in [3.05, 3.63) is 41.0 Å². The lowest BCUT2D eigenvalue weighted by Crippen LogP contribution is -2.55. The van der Waals surface area contributed by atoms with E-state index < -0.39 is 17.0 Å². The van der Waals surface area contributed by atoms with Crippen LogP contribution in [0.1, 0.15) is 69.8 Å². The van der Waals surface area contributed by atoms with Gasteiger partial charge >= 0.3 is 0 Å². The molecule has 1 aromatic carbocycles. The van der Waals surface area contributed by atoms with Gasteiger partial charge in [-0.05, 0) is 85.2 Å². The first-order valence-electron chi connectivity index (χ1n) is 13.5. The number of hydrogen-bond acceptors (Lipinski definition) is 5. The summed E-state index contributed by atoms with van der Waals surface area (Å²) in [4.78, 5) is 2.11. The molecular formula is C30H38ClNO4. The lowest BCUT2D eigenvalue weighted by molar-refractivity contribution is -0.208. The number of ether oxygens (including phenoxy) is 2. The number of hydrogen-bond donors (Lipinski definition) is 2. The van der Waals surface area contributed by atoms with Crippen molar-refractivity contribution >= 4 is 17.3 Å². The molecule has 0 unspecified atom stereocenters. The summed E-state index contributed by atoms with van der Waals surface area (Å²) in [5.74, 6) is 3.14. The monoisotopic (exact) mass is 511 g/mol. The van der Waals surface area contributed by atoms with Crippen molar-refractivity contribution in [1.29, 1.82) is 0 Å². The Bertz CT molecular complexity index is 1130. The summed E-state index contributed by atoms with van der Waals surface area (Å²) in [6, 6.07) is 8.82. The number of fused-ring (bicyclic) bond motifs is 4. The molecule has 0 bridgehead atoms. The van der Waals surface area contributed by atoms with Gasteiger partial charge in [0.15, 0.2) is 5.79 Å². The van der Waals surface area contributed by atoms with Gasteiger partial charge in [0.1, 0.15) is 5.60 Å². The summed E-state index contributed by atoms with van der Waals surface area (Å²) in [7, 11) is 4.11. The molecule has 194 valence electrons. The highest BCUT2D eigenvalue weighted by Crippen LogP contribution is 2.67. The van der Waals surface area contributed by atoms with Crippen LogP contribution in [0.2, 0.25) is 0 Å². The van der Waals surface area contributed by atoms with Gasteiger partial charge in [0, 0.05) is 49.3 Å². The summed E-state index contributed by atoms with van der Waals surface area (Å²) < 4.78 is 12.1. The van der Waals surface area contributed by atoms with Crippen molar-refractivity contribution in [2.45, 2.75) is 81.2 Å². The third-order valence-electron chi connectivity index (χ3n) is 10.4. The molecule has 2 N–H and O–H groups in total. The van der Waals surface area contributed by atoms with Crippen LogP contribution in [-0.4, -0.2) is 54.5 Å². The fourth-order valence-corrected chi connectivity index (χ4v) is 8.76. The highest BCUT2D eigenvalue weighted by Gasteiger charge is 2.64. The second-order valence-electron chi connectivity index (χ2n) is 12.3. The summed E-state index contributed by atoms with van der Waals surface area (Å²) in [5.41, 5.74) is 2.69. The van der Waals surface area contributed by atoms with E-state index in [-0.39, 0.29) is 11.3 Å². The maximum atomic E-state index is 12.1. The average Bonchev–Trinajstić information content (AvgIpc) is 3.40. The molecule has 36 heavy (non-hydrogen) atoms. The van der Waals surface area contributed by atoms with Crippen LogP contribution in [0.5, 0.6) is 0 Å². The number of halogens is 1. The van der Waals surface area contributed by atoms with Crippen LogP contribution < -0.4 is 4.90 Å². The second kappa shape index (κ2) is 8.48. The highest BCUT2D eigenvalue weighted by atomic mass is 35.5. The molecule has 4 fully saturated rings. The van der Waals surface area contributed by atoms with Gasteiger partial charge in [0.2, 0.25) is 0 Å². The molecule has 6 rings (SSSR count). The molecule has 1 heterocycles. The maximum absolute atomic E-state index is 12.1. The number of aliphatic hydroxyl groups is 2. The smallest absolute Gasteiger partial charge is 0.171 e. The Morgan fingerprint density at radius 1 is 1.03 bits per heavy atom. The molecule has 1 aliphatic heterocycles. The van der Waals surface area contributed by atoms with Crippen LogP contribution in [0.25, 0.3) is 0 Å². The van der Waals surface area contributed by atoms with Gasteiger partial charge < -0.3 is 24.6 Å². The molecule has 0 amide bonds. The average molecular weight is 512 g/mol. The normalized spacial score (nSPS) is 40.8. The van der Waals surface area contributed by atoms with Crippen LogP contribution >= 0.6 is 11.6 Å². The SMILES string of the molecule is CN(C)c1ccc([C@H]2C[C@@]3(C)[C@@H](CC[C@@]3(O)C#CCl)[C@@H]3CC[C@@]4(O)CC5(CCC4=C32)OCCO5)cc1. The summed E-state index contributed by atoms with van der Waals surface area (Å²) in [6.07, 6.45) is 6.09. The fourth-order valence-electron chi connectivity index (χ4n) is 8.60. The van der Waals surface area contributed by atoms with Gasteiger partial charge in [0.25, 0.3) is 0 Å². The standard InChI is InChI=1S/C30H38ClNO4/c1-27-18-23(20-4-6-21(7-5-20)32(2)3)26-22(24(27)9-12-29(27,34)14-15-31)8-11-28(33)19-30(13-10-25(26)28)35-16-17-36-30/h4-7,22-24,33-34H,8-13,16-19H2,1-3H3/t22-,23+,24-,27-,28+,29+/m0/s1.